The average molecular weight is 211 g/mol. The largest absolute Gasteiger partial charge is 0.316 e. The van der Waals surface area contributed by atoms with E-state index in [9.17, 15) is 9.18 Å². The van der Waals surface area contributed by atoms with E-state index in [1.54, 1.807) is 13.0 Å². The molecule has 82 valence electrons. The molecule has 5 heteroatoms. The Morgan fingerprint density at radius 3 is 2.60 bits per heavy atom. The van der Waals surface area contributed by atoms with Gasteiger partial charge in [0.1, 0.15) is 11.9 Å². The van der Waals surface area contributed by atoms with Crippen molar-refractivity contribution in [2.45, 2.75) is 13.0 Å². The van der Waals surface area contributed by atoms with E-state index >= 15 is 0 Å². The maximum atomic E-state index is 13.0. The molecular weight excluding hydrogens is 197 g/mol. The van der Waals surface area contributed by atoms with Gasteiger partial charge in [-0.1, -0.05) is 12.1 Å². The summed E-state index contributed by atoms with van der Waals surface area (Å²) in [5.41, 5.74) is 6.67. The van der Waals surface area contributed by atoms with Crippen LogP contribution < -0.4 is 11.6 Å². The molecular formula is C10H14FN3O. The van der Waals surface area contributed by atoms with Crippen molar-refractivity contribution in [3.63, 3.8) is 0 Å². The third kappa shape index (κ3) is 2.51. The zero-order chi connectivity index (χ0) is 11.6. The van der Waals surface area contributed by atoms with Crippen LogP contribution in [0.1, 0.15) is 17.2 Å². The van der Waals surface area contributed by atoms with E-state index in [2.05, 4.69) is 0 Å². The molecule has 0 radical (unpaired) electrons. The molecule has 4 nitrogen and oxygen atoms in total. The summed E-state index contributed by atoms with van der Waals surface area (Å²) in [6.07, 6.45) is 0. The Kier molecular flexibility index (Phi) is 3.39. The highest BCUT2D eigenvalue weighted by Gasteiger charge is 2.18. The lowest BCUT2D eigenvalue weighted by Crippen LogP contribution is -2.40. The van der Waals surface area contributed by atoms with Crippen LogP contribution in [0, 0.1) is 12.7 Å². The van der Waals surface area contributed by atoms with E-state index in [0.717, 1.165) is 5.01 Å². The third-order valence-electron chi connectivity index (χ3n) is 2.15. The van der Waals surface area contributed by atoms with Crippen molar-refractivity contribution in [1.29, 1.82) is 0 Å². The molecule has 1 amide bonds. The molecule has 0 bridgehead atoms. The number of nitrogens with two attached hydrogens (primary N) is 2. The maximum Gasteiger partial charge on any atom is 0.257 e. The zero-order valence-electron chi connectivity index (χ0n) is 8.70. The van der Waals surface area contributed by atoms with Crippen LogP contribution in [0.25, 0.3) is 0 Å². The van der Waals surface area contributed by atoms with Crippen molar-refractivity contribution in [2.75, 3.05) is 7.05 Å². The van der Waals surface area contributed by atoms with Crippen LogP contribution in [-0.2, 0) is 4.79 Å². The smallest absolute Gasteiger partial charge is 0.257 e. The Morgan fingerprint density at radius 1 is 1.53 bits per heavy atom. The number of halogens is 1. The van der Waals surface area contributed by atoms with E-state index in [-0.39, 0.29) is 5.82 Å². The quantitative estimate of drug-likeness (QED) is 0.424. The molecule has 0 aliphatic heterocycles. The first-order valence-electron chi connectivity index (χ1n) is 4.47. The Hall–Kier alpha value is -1.46. The van der Waals surface area contributed by atoms with Crippen LogP contribution in [0.4, 0.5) is 4.39 Å². The zero-order valence-corrected chi connectivity index (χ0v) is 8.70. The number of amides is 1. The fourth-order valence-electron chi connectivity index (χ4n) is 1.22. The fourth-order valence-corrected chi connectivity index (χ4v) is 1.22. The van der Waals surface area contributed by atoms with Crippen LogP contribution in [0.3, 0.4) is 0 Å². The van der Waals surface area contributed by atoms with E-state index in [0.29, 0.717) is 11.1 Å². The number of aryl methyl sites for hydroxylation is 1. The van der Waals surface area contributed by atoms with E-state index in [1.165, 1.54) is 19.2 Å². The molecule has 0 saturated carbocycles. The number of rotatable bonds is 2. The maximum absolute atomic E-state index is 13.0. The molecule has 1 unspecified atom stereocenters. The van der Waals surface area contributed by atoms with Gasteiger partial charge in [0.2, 0.25) is 0 Å². The summed E-state index contributed by atoms with van der Waals surface area (Å²) in [5, 5.41) is 0.920. The summed E-state index contributed by atoms with van der Waals surface area (Å²) in [7, 11) is 1.42. The van der Waals surface area contributed by atoms with Crippen molar-refractivity contribution >= 4 is 5.91 Å². The molecule has 0 saturated heterocycles. The van der Waals surface area contributed by atoms with Crippen molar-refractivity contribution in [2.24, 2.45) is 11.6 Å². The number of hydrogen-bond donors (Lipinski definition) is 2. The van der Waals surface area contributed by atoms with Gasteiger partial charge < -0.3 is 5.73 Å². The van der Waals surface area contributed by atoms with Gasteiger partial charge in [-0.05, 0) is 24.1 Å². The summed E-state index contributed by atoms with van der Waals surface area (Å²) < 4.78 is 13.0. The van der Waals surface area contributed by atoms with E-state index in [1.807, 2.05) is 0 Å². The summed E-state index contributed by atoms with van der Waals surface area (Å²) >= 11 is 0. The number of nitrogens with zero attached hydrogens (tertiary/aromatic N) is 1. The van der Waals surface area contributed by atoms with Gasteiger partial charge in [-0.25, -0.2) is 10.2 Å². The Balaban J connectivity index is 2.97. The van der Waals surface area contributed by atoms with Crippen LogP contribution in [0.5, 0.6) is 0 Å². The first-order valence-corrected chi connectivity index (χ1v) is 4.47. The summed E-state index contributed by atoms with van der Waals surface area (Å²) in [4.78, 5) is 11.4. The first-order chi connectivity index (χ1) is 6.93. The monoisotopic (exact) mass is 211 g/mol. The molecule has 1 aromatic rings. The molecule has 0 heterocycles. The highest BCUT2D eigenvalue weighted by atomic mass is 19.1. The summed E-state index contributed by atoms with van der Waals surface area (Å²) in [6, 6.07) is 3.46. The van der Waals surface area contributed by atoms with Crippen molar-refractivity contribution < 1.29 is 9.18 Å². The van der Waals surface area contributed by atoms with Gasteiger partial charge in [-0.3, -0.25) is 9.80 Å². The third-order valence-corrected chi connectivity index (χ3v) is 2.15. The molecule has 0 fully saturated rings. The van der Waals surface area contributed by atoms with Crippen molar-refractivity contribution in [1.82, 2.24) is 5.01 Å². The van der Waals surface area contributed by atoms with Crippen LogP contribution >= 0.6 is 0 Å². The Bertz CT molecular complexity index is 379. The molecule has 0 aliphatic rings. The number of hydrazine groups is 1. The first kappa shape index (κ1) is 11.6. The van der Waals surface area contributed by atoms with Crippen LogP contribution in [-0.4, -0.2) is 18.0 Å². The second-order valence-corrected chi connectivity index (χ2v) is 3.44. The summed E-state index contributed by atoms with van der Waals surface area (Å²) in [5.74, 6) is 4.54. The van der Waals surface area contributed by atoms with Crippen molar-refractivity contribution in [3.8, 4) is 0 Å². The predicted molar refractivity (Wildman–Crippen MR) is 55.0 cm³/mol. The molecule has 0 aromatic heterocycles. The molecule has 15 heavy (non-hydrogen) atoms. The number of hydrogen-bond acceptors (Lipinski definition) is 3. The highest BCUT2D eigenvalue weighted by molar-refractivity contribution is 5.82. The lowest BCUT2D eigenvalue weighted by atomic mass is 10.0. The fraction of sp³-hybridized carbons (Fsp3) is 0.300. The van der Waals surface area contributed by atoms with Gasteiger partial charge >= 0.3 is 0 Å². The standard InChI is InChI=1S/C10H14FN3O/c1-6-5-7(3-4-8(6)11)9(12)10(15)14(2)13/h3-5,9H,12-13H2,1-2H3. The van der Waals surface area contributed by atoms with Gasteiger partial charge in [0.25, 0.3) is 5.91 Å². The minimum Gasteiger partial charge on any atom is -0.316 e. The lowest BCUT2D eigenvalue weighted by molar-refractivity contribution is -0.131. The van der Waals surface area contributed by atoms with Crippen molar-refractivity contribution in [3.05, 3.63) is 35.1 Å². The minimum absolute atomic E-state index is 0.320. The predicted octanol–water partition coefficient (Wildman–Crippen LogP) is 0.466. The molecule has 1 atom stereocenters. The second kappa shape index (κ2) is 4.37. The lowest BCUT2D eigenvalue weighted by Gasteiger charge is -2.16. The normalized spacial score (nSPS) is 12.3. The molecule has 1 rings (SSSR count). The topological polar surface area (TPSA) is 72.4 Å². The second-order valence-electron chi connectivity index (χ2n) is 3.44. The SMILES string of the molecule is Cc1cc(C(N)C(=O)N(C)N)ccc1F. The van der Waals surface area contributed by atoms with Gasteiger partial charge in [0, 0.05) is 7.05 Å². The number of benzene rings is 1. The number of likely N-dealkylation sites (N-methyl/N-ethyl adjacent to an activating group) is 1. The van der Waals surface area contributed by atoms with Gasteiger partial charge in [0.15, 0.2) is 0 Å². The Labute approximate surface area is 87.6 Å². The van der Waals surface area contributed by atoms with Crippen LogP contribution in [0.2, 0.25) is 0 Å². The van der Waals surface area contributed by atoms with Crippen LogP contribution in [0.15, 0.2) is 18.2 Å². The highest BCUT2D eigenvalue weighted by Crippen LogP contribution is 2.15. The Morgan fingerprint density at radius 2 is 2.13 bits per heavy atom. The van der Waals surface area contributed by atoms with Gasteiger partial charge in [-0.15, -0.1) is 0 Å². The van der Waals surface area contributed by atoms with Gasteiger partial charge in [0.05, 0.1) is 0 Å². The van der Waals surface area contributed by atoms with E-state index in [4.69, 9.17) is 11.6 Å². The molecule has 1 aromatic carbocycles. The molecule has 0 aliphatic carbocycles. The number of carbonyl (C=O) groups excluding carboxylic acids is 1. The minimum atomic E-state index is -0.848. The van der Waals surface area contributed by atoms with Gasteiger partial charge in [-0.2, -0.15) is 0 Å². The van der Waals surface area contributed by atoms with E-state index < -0.39 is 11.9 Å². The molecule has 4 N–H and O–H groups in total. The average Bonchev–Trinajstić information content (AvgIpc) is 2.19. The molecule has 0 spiro atoms. The number of carbonyl (C=O) groups is 1. The summed E-state index contributed by atoms with van der Waals surface area (Å²) in [6.45, 7) is 1.61.